The molecule has 2 rings (SSSR count). The molecular formula is C8H15NS. The van der Waals surface area contributed by atoms with E-state index in [1.54, 1.807) is 0 Å². The van der Waals surface area contributed by atoms with Crippen LogP contribution in [0.25, 0.3) is 0 Å². The molecule has 1 N–H and O–H groups in total. The number of hydrogen-bond donors (Lipinski definition) is 1. The number of hydrogen-bond acceptors (Lipinski definition) is 2. The summed E-state index contributed by atoms with van der Waals surface area (Å²) in [6, 6.07) is 0. The van der Waals surface area contributed by atoms with E-state index in [2.05, 4.69) is 17.1 Å². The van der Waals surface area contributed by atoms with Gasteiger partial charge in [0.25, 0.3) is 0 Å². The standard InChI is InChI=1S/C8H15NS/c1-4-9-5-2-8(1)3-6-10-7-8/h9H,1-7H2. The third-order valence-electron chi connectivity index (χ3n) is 2.85. The van der Waals surface area contributed by atoms with Crippen LogP contribution < -0.4 is 5.32 Å². The minimum Gasteiger partial charge on any atom is -0.317 e. The Morgan fingerprint density at radius 2 is 1.90 bits per heavy atom. The highest BCUT2D eigenvalue weighted by Crippen LogP contribution is 2.42. The molecule has 2 aliphatic heterocycles. The molecule has 2 saturated heterocycles. The highest BCUT2D eigenvalue weighted by molar-refractivity contribution is 7.99. The lowest BCUT2D eigenvalue weighted by atomic mass is 9.79. The summed E-state index contributed by atoms with van der Waals surface area (Å²) in [6.07, 6.45) is 4.35. The van der Waals surface area contributed by atoms with Gasteiger partial charge in [0.15, 0.2) is 0 Å². The van der Waals surface area contributed by atoms with Crippen molar-refractivity contribution < 1.29 is 0 Å². The second kappa shape index (κ2) is 2.74. The van der Waals surface area contributed by atoms with Crippen LogP contribution in [0, 0.1) is 5.41 Å². The Hall–Kier alpha value is 0.310. The zero-order valence-corrected chi connectivity index (χ0v) is 7.17. The lowest BCUT2D eigenvalue weighted by molar-refractivity contribution is 0.239. The summed E-state index contributed by atoms with van der Waals surface area (Å²) < 4.78 is 0. The van der Waals surface area contributed by atoms with Crippen molar-refractivity contribution in [3.63, 3.8) is 0 Å². The highest BCUT2D eigenvalue weighted by Gasteiger charge is 2.34. The summed E-state index contributed by atoms with van der Waals surface area (Å²) in [5.74, 6) is 2.86. The van der Waals surface area contributed by atoms with Gasteiger partial charge in [0.2, 0.25) is 0 Å². The fourth-order valence-electron chi connectivity index (χ4n) is 2.00. The summed E-state index contributed by atoms with van der Waals surface area (Å²) in [4.78, 5) is 0. The topological polar surface area (TPSA) is 12.0 Å². The molecule has 0 unspecified atom stereocenters. The molecule has 0 aromatic rings. The van der Waals surface area contributed by atoms with Crippen molar-refractivity contribution in [2.24, 2.45) is 5.41 Å². The van der Waals surface area contributed by atoms with E-state index < -0.39 is 0 Å². The van der Waals surface area contributed by atoms with Crippen LogP contribution in [0.1, 0.15) is 19.3 Å². The van der Waals surface area contributed by atoms with Gasteiger partial charge in [0.05, 0.1) is 0 Å². The van der Waals surface area contributed by atoms with E-state index in [1.807, 2.05) is 0 Å². The van der Waals surface area contributed by atoms with E-state index >= 15 is 0 Å². The summed E-state index contributed by atoms with van der Waals surface area (Å²) >= 11 is 2.15. The Morgan fingerprint density at radius 3 is 2.50 bits per heavy atom. The van der Waals surface area contributed by atoms with Gasteiger partial charge in [-0.1, -0.05) is 0 Å². The van der Waals surface area contributed by atoms with Crippen LogP contribution in [0.5, 0.6) is 0 Å². The average Bonchev–Trinajstić information content (AvgIpc) is 2.39. The van der Waals surface area contributed by atoms with Gasteiger partial charge in [-0.25, -0.2) is 0 Å². The van der Waals surface area contributed by atoms with Crippen molar-refractivity contribution >= 4 is 11.8 Å². The molecule has 2 fully saturated rings. The van der Waals surface area contributed by atoms with Crippen LogP contribution >= 0.6 is 11.8 Å². The Kier molecular flexibility index (Phi) is 1.92. The minimum absolute atomic E-state index is 0.774. The van der Waals surface area contributed by atoms with E-state index in [-0.39, 0.29) is 0 Å². The molecule has 0 aromatic heterocycles. The van der Waals surface area contributed by atoms with Gasteiger partial charge in [0, 0.05) is 0 Å². The second-order valence-corrected chi connectivity index (χ2v) is 4.66. The molecule has 2 aliphatic rings. The van der Waals surface area contributed by atoms with Crippen molar-refractivity contribution in [1.82, 2.24) is 5.32 Å². The Balaban J connectivity index is 1.98. The van der Waals surface area contributed by atoms with Crippen molar-refractivity contribution in [2.75, 3.05) is 24.6 Å². The maximum absolute atomic E-state index is 3.43. The molecular weight excluding hydrogens is 142 g/mol. The Morgan fingerprint density at radius 1 is 1.10 bits per heavy atom. The SMILES string of the molecule is C1CC2(CCN1)CCSC2. The molecule has 2 heterocycles. The van der Waals surface area contributed by atoms with E-state index in [0.717, 1.165) is 5.41 Å². The predicted octanol–water partition coefficient (Wildman–Crippen LogP) is 1.49. The van der Waals surface area contributed by atoms with Crippen molar-refractivity contribution in [1.29, 1.82) is 0 Å². The van der Waals surface area contributed by atoms with E-state index in [9.17, 15) is 0 Å². The van der Waals surface area contributed by atoms with Gasteiger partial charge in [-0.2, -0.15) is 11.8 Å². The van der Waals surface area contributed by atoms with E-state index in [0.29, 0.717) is 0 Å². The normalized spacial score (nSPS) is 31.2. The molecule has 0 radical (unpaired) electrons. The van der Waals surface area contributed by atoms with Crippen molar-refractivity contribution in [3.05, 3.63) is 0 Å². The third-order valence-corrected chi connectivity index (χ3v) is 4.16. The number of piperidine rings is 1. The first-order valence-electron chi connectivity index (χ1n) is 4.20. The maximum atomic E-state index is 3.43. The average molecular weight is 157 g/mol. The second-order valence-electron chi connectivity index (χ2n) is 3.55. The van der Waals surface area contributed by atoms with Crippen molar-refractivity contribution in [3.8, 4) is 0 Å². The summed E-state index contributed by atoms with van der Waals surface area (Å²) in [5.41, 5.74) is 0.774. The van der Waals surface area contributed by atoms with Gasteiger partial charge in [-0.3, -0.25) is 0 Å². The Labute approximate surface area is 67.0 Å². The predicted molar refractivity (Wildman–Crippen MR) is 46.5 cm³/mol. The first-order valence-corrected chi connectivity index (χ1v) is 5.35. The van der Waals surface area contributed by atoms with Crippen LogP contribution in [-0.2, 0) is 0 Å². The van der Waals surface area contributed by atoms with Crippen LogP contribution in [0.3, 0.4) is 0 Å². The third kappa shape index (κ3) is 1.19. The summed E-state index contributed by atoms with van der Waals surface area (Å²) in [7, 11) is 0. The maximum Gasteiger partial charge on any atom is -0.000955 e. The molecule has 0 saturated carbocycles. The lowest BCUT2D eigenvalue weighted by Crippen LogP contribution is -2.36. The van der Waals surface area contributed by atoms with Gasteiger partial charge >= 0.3 is 0 Å². The smallest absolute Gasteiger partial charge is 0.000955 e. The van der Waals surface area contributed by atoms with Gasteiger partial charge in [0.1, 0.15) is 0 Å². The van der Waals surface area contributed by atoms with E-state index in [1.165, 1.54) is 43.9 Å². The fourth-order valence-corrected chi connectivity index (χ4v) is 3.59. The number of thioether (sulfide) groups is 1. The largest absolute Gasteiger partial charge is 0.317 e. The van der Waals surface area contributed by atoms with Crippen LogP contribution in [0.15, 0.2) is 0 Å². The van der Waals surface area contributed by atoms with E-state index in [4.69, 9.17) is 0 Å². The molecule has 0 bridgehead atoms. The molecule has 0 atom stereocenters. The van der Waals surface area contributed by atoms with Crippen LogP contribution in [0.4, 0.5) is 0 Å². The number of nitrogens with one attached hydrogen (secondary N) is 1. The highest BCUT2D eigenvalue weighted by atomic mass is 32.2. The lowest BCUT2D eigenvalue weighted by Gasteiger charge is -2.32. The quantitative estimate of drug-likeness (QED) is 0.572. The first kappa shape index (κ1) is 6.99. The zero-order valence-electron chi connectivity index (χ0n) is 6.36. The first-order chi connectivity index (χ1) is 4.91. The Bertz CT molecular complexity index is 110. The molecule has 2 heteroatoms. The summed E-state index contributed by atoms with van der Waals surface area (Å²) in [5, 5.41) is 3.43. The molecule has 58 valence electrons. The molecule has 10 heavy (non-hydrogen) atoms. The van der Waals surface area contributed by atoms with Crippen molar-refractivity contribution in [2.45, 2.75) is 19.3 Å². The number of rotatable bonds is 0. The summed E-state index contributed by atoms with van der Waals surface area (Å²) in [6.45, 7) is 2.53. The van der Waals surface area contributed by atoms with Gasteiger partial charge in [-0.05, 0) is 49.3 Å². The van der Waals surface area contributed by atoms with Crippen LogP contribution in [0.2, 0.25) is 0 Å². The molecule has 1 spiro atoms. The molecule has 0 aliphatic carbocycles. The zero-order chi connectivity index (χ0) is 6.86. The monoisotopic (exact) mass is 157 g/mol. The minimum atomic E-state index is 0.774. The molecule has 1 nitrogen and oxygen atoms in total. The van der Waals surface area contributed by atoms with Crippen LogP contribution in [-0.4, -0.2) is 24.6 Å². The van der Waals surface area contributed by atoms with Gasteiger partial charge in [-0.15, -0.1) is 0 Å². The molecule has 0 aromatic carbocycles. The fraction of sp³-hybridized carbons (Fsp3) is 1.00. The van der Waals surface area contributed by atoms with Gasteiger partial charge < -0.3 is 5.32 Å². The molecule has 0 amide bonds.